The summed E-state index contributed by atoms with van der Waals surface area (Å²) in [6.07, 6.45) is 6.67. The van der Waals surface area contributed by atoms with Gasteiger partial charge in [0.15, 0.2) is 0 Å². The van der Waals surface area contributed by atoms with Crippen LogP contribution in [-0.4, -0.2) is 52.5 Å². The Balaban J connectivity index is 1.74. The van der Waals surface area contributed by atoms with Crippen molar-refractivity contribution in [3.05, 3.63) is 29.0 Å². The molecule has 0 spiro atoms. The van der Waals surface area contributed by atoms with E-state index < -0.39 is 0 Å². The minimum atomic E-state index is 0.536. The lowest BCUT2D eigenvalue weighted by Gasteiger charge is -2.25. The number of aryl methyl sites for hydroxylation is 1. The van der Waals surface area contributed by atoms with Crippen LogP contribution in [0.15, 0.2) is 18.3 Å². The zero-order valence-corrected chi connectivity index (χ0v) is 18.9. The lowest BCUT2D eigenvalue weighted by atomic mass is 10.1. The molecule has 2 aromatic rings. The van der Waals surface area contributed by atoms with Gasteiger partial charge in [-0.15, -0.1) is 0 Å². The molecule has 0 saturated carbocycles. The number of ether oxygens (including phenoxy) is 1. The van der Waals surface area contributed by atoms with E-state index >= 15 is 0 Å². The molecule has 0 amide bonds. The second kappa shape index (κ2) is 10.4. The first kappa shape index (κ1) is 22.1. The van der Waals surface area contributed by atoms with Gasteiger partial charge in [-0.2, -0.15) is 5.10 Å². The predicted octanol–water partition coefficient (Wildman–Crippen LogP) is 4.13. The monoisotopic (exact) mass is 419 g/mol. The Kier molecular flexibility index (Phi) is 7.92. The SMILES string of the molecule is COc1ccc(-c2nn(C)c(Cl)c2CN2CCCCC(NCCC(C)C)C2)nc1. The number of likely N-dealkylation sites (tertiary alicyclic amines) is 1. The zero-order valence-electron chi connectivity index (χ0n) is 18.1. The van der Waals surface area contributed by atoms with Crippen molar-refractivity contribution in [2.45, 2.75) is 52.1 Å². The lowest BCUT2D eigenvalue weighted by Crippen LogP contribution is -2.40. The van der Waals surface area contributed by atoms with Gasteiger partial charge < -0.3 is 10.1 Å². The fourth-order valence-corrected chi connectivity index (χ4v) is 4.05. The molecule has 0 radical (unpaired) electrons. The molecule has 6 nitrogen and oxygen atoms in total. The third-order valence-electron chi connectivity index (χ3n) is 5.58. The summed E-state index contributed by atoms with van der Waals surface area (Å²) in [5, 5.41) is 9.10. The van der Waals surface area contributed by atoms with Crippen molar-refractivity contribution < 1.29 is 4.74 Å². The van der Waals surface area contributed by atoms with Crippen LogP contribution >= 0.6 is 11.6 Å². The maximum absolute atomic E-state index is 6.64. The van der Waals surface area contributed by atoms with Crippen molar-refractivity contribution in [1.29, 1.82) is 0 Å². The van der Waals surface area contributed by atoms with Crippen LogP contribution in [0.2, 0.25) is 5.15 Å². The third-order valence-corrected chi connectivity index (χ3v) is 6.05. The number of methoxy groups -OCH3 is 1. The lowest BCUT2D eigenvalue weighted by molar-refractivity contribution is 0.250. The number of halogens is 1. The van der Waals surface area contributed by atoms with Crippen LogP contribution in [0.1, 0.15) is 45.1 Å². The second-order valence-corrected chi connectivity index (χ2v) is 8.75. The highest BCUT2D eigenvalue weighted by atomic mass is 35.5. The molecule has 1 atom stereocenters. The molecule has 1 aliphatic heterocycles. The van der Waals surface area contributed by atoms with Crippen LogP contribution < -0.4 is 10.1 Å². The van der Waals surface area contributed by atoms with E-state index in [1.807, 2.05) is 19.2 Å². The van der Waals surface area contributed by atoms with Crippen molar-refractivity contribution >= 4 is 11.6 Å². The Morgan fingerprint density at radius 2 is 2.14 bits per heavy atom. The normalized spacial score (nSPS) is 18.2. The summed E-state index contributed by atoms with van der Waals surface area (Å²) in [6, 6.07) is 4.39. The van der Waals surface area contributed by atoms with Crippen LogP contribution in [0.4, 0.5) is 0 Å². The molecule has 0 bridgehead atoms. The van der Waals surface area contributed by atoms with E-state index in [9.17, 15) is 0 Å². The summed E-state index contributed by atoms with van der Waals surface area (Å²) in [5.41, 5.74) is 2.73. The van der Waals surface area contributed by atoms with E-state index in [1.165, 1.54) is 25.7 Å². The van der Waals surface area contributed by atoms with Gasteiger partial charge in [-0.25, -0.2) is 0 Å². The van der Waals surface area contributed by atoms with Gasteiger partial charge in [-0.05, 0) is 50.4 Å². The quantitative estimate of drug-likeness (QED) is 0.697. The van der Waals surface area contributed by atoms with Gasteiger partial charge >= 0.3 is 0 Å². The van der Waals surface area contributed by atoms with E-state index in [4.69, 9.17) is 16.3 Å². The first-order chi connectivity index (χ1) is 14.0. The van der Waals surface area contributed by atoms with E-state index in [-0.39, 0.29) is 0 Å². The molecule has 3 rings (SSSR count). The van der Waals surface area contributed by atoms with E-state index in [1.54, 1.807) is 18.0 Å². The number of nitrogens with zero attached hydrogens (tertiary/aromatic N) is 4. The number of hydrogen-bond acceptors (Lipinski definition) is 5. The van der Waals surface area contributed by atoms with Crippen molar-refractivity contribution in [1.82, 2.24) is 25.0 Å². The molecule has 7 heteroatoms. The number of nitrogens with one attached hydrogen (secondary N) is 1. The van der Waals surface area contributed by atoms with Crippen LogP contribution in [0.5, 0.6) is 5.75 Å². The summed E-state index contributed by atoms with van der Waals surface area (Å²) < 4.78 is 6.97. The molecular weight excluding hydrogens is 386 g/mol. The van der Waals surface area contributed by atoms with Crippen LogP contribution in [0.3, 0.4) is 0 Å². The van der Waals surface area contributed by atoms with Crippen LogP contribution in [-0.2, 0) is 13.6 Å². The van der Waals surface area contributed by atoms with E-state index in [0.717, 1.165) is 54.8 Å². The molecule has 2 aromatic heterocycles. The number of pyridine rings is 1. The van der Waals surface area contributed by atoms with Crippen LogP contribution in [0, 0.1) is 5.92 Å². The Morgan fingerprint density at radius 3 is 2.83 bits per heavy atom. The van der Waals surface area contributed by atoms with Gasteiger partial charge in [-0.3, -0.25) is 14.6 Å². The van der Waals surface area contributed by atoms with Gasteiger partial charge in [0.2, 0.25) is 0 Å². The molecule has 1 saturated heterocycles. The Morgan fingerprint density at radius 1 is 1.31 bits per heavy atom. The van der Waals surface area contributed by atoms with Crippen molar-refractivity contribution in [3.8, 4) is 17.1 Å². The molecule has 1 unspecified atom stereocenters. The molecule has 3 heterocycles. The van der Waals surface area contributed by atoms with Gasteiger partial charge in [0.25, 0.3) is 0 Å². The molecule has 1 aliphatic rings. The largest absolute Gasteiger partial charge is 0.495 e. The second-order valence-electron chi connectivity index (χ2n) is 8.39. The average Bonchev–Trinajstić information content (AvgIpc) is 2.87. The maximum Gasteiger partial charge on any atom is 0.137 e. The van der Waals surface area contributed by atoms with Gasteiger partial charge in [0, 0.05) is 31.7 Å². The fourth-order valence-electron chi connectivity index (χ4n) is 3.86. The molecule has 1 N–H and O–H groups in total. The highest BCUT2D eigenvalue weighted by Crippen LogP contribution is 2.29. The third kappa shape index (κ3) is 5.93. The molecule has 0 aromatic carbocycles. The number of aromatic nitrogens is 3. The Hall–Kier alpha value is -1.63. The predicted molar refractivity (Wildman–Crippen MR) is 118 cm³/mol. The molecule has 1 fully saturated rings. The van der Waals surface area contributed by atoms with Gasteiger partial charge in [0.1, 0.15) is 16.6 Å². The number of rotatable bonds is 8. The Bertz CT molecular complexity index is 774. The van der Waals surface area contributed by atoms with Gasteiger partial charge in [-0.1, -0.05) is 31.9 Å². The standard InChI is InChI=1S/C22H34ClN5O/c1-16(2)10-11-24-17-7-5-6-12-28(14-17)15-19-21(26-27(3)22(19)23)20-9-8-18(29-4)13-25-20/h8-9,13,16-17,24H,5-7,10-12,14-15H2,1-4H3. The molecule has 29 heavy (non-hydrogen) atoms. The topological polar surface area (TPSA) is 55.2 Å². The van der Waals surface area contributed by atoms with Crippen molar-refractivity contribution in [3.63, 3.8) is 0 Å². The molecular formula is C22H34ClN5O. The number of hydrogen-bond donors (Lipinski definition) is 1. The summed E-state index contributed by atoms with van der Waals surface area (Å²) >= 11 is 6.64. The minimum absolute atomic E-state index is 0.536. The van der Waals surface area contributed by atoms with Crippen molar-refractivity contribution in [2.75, 3.05) is 26.7 Å². The Labute approximate surface area is 179 Å². The zero-order chi connectivity index (χ0) is 20.8. The molecule has 0 aliphatic carbocycles. The summed E-state index contributed by atoms with van der Waals surface area (Å²) in [4.78, 5) is 7.04. The average molecular weight is 420 g/mol. The first-order valence-electron chi connectivity index (χ1n) is 10.7. The molecule has 160 valence electrons. The first-order valence-corrected chi connectivity index (χ1v) is 11.0. The van der Waals surface area contributed by atoms with Crippen molar-refractivity contribution in [2.24, 2.45) is 13.0 Å². The smallest absolute Gasteiger partial charge is 0.137 e. The minimum Gasteiger partial charge on any atom is -0.495 e. The van der Waals surface area contributed by atoms with Crippen LogP contribution in [0.25, 0.3) is 11.4 Å². The highest BCUT2D eigenvalue weighted by molar-refractivity contribution is 6.30. The summed E-state index contributed by atoms with van der Waals surface area (Å²) in [6.45, 7) is 8.56. The summed E-state index contributed by atoms with van der Waals surface area (Å²) in [5.74, 6) is 1.47. The van der Waals surface area contributed by atoms with Gasteiger partial charge in [0.05, 0.1) is 19.0 Å². The highest BCUT2D eigenvalue weighted by Gasteiger charge is 2.23. The fraction of sp³-hybridized carbons (Fsp3) is 0.636. The van der Waals surface area contributed by atoms with E-state index in [2.05, 4.69) is 34.1 Å². The summed E-state index contributed by atoms with van der Waals surface area (Å²) in [7, 11) is 3.53. The van der Waals surface area contributed by atoms with E-state index in [0.29, 0.717) is 11.2 Å². The maximum atomic E-state index is 6.64.